The van der Waals surface area contributed by atoms with Crippen molar-refractivity contribution in [2.24, 2.45) is 0 Å². The molecule has 8 heteroatoms. The fraction of sp³-hybridized carbons (Fsp3) is 0.562. The van der Waals surface area contributed by atoms with Crippen LogP contribution in [0.5, 0.6) is 0 Å². The van der Waals surface area contributed by atoms with Crippen LogP contribution in [0.3, 0.4) is 0 Å². The molecule has 1 N–H and O–H groups in total. The summed E-state index contributed by atoms with van der Waals surface area (Å²) in [5, 5.41) is 3.01. The minimum atomic E-state index is -3.91. The molecule has 1 amide bonds. The van der Waals surface area contributed by atoms with Gasteiger partial charge in [-0.1, -0.05) is 12.1 Å². The number of halogens is 1. The first-order valence-electron chi connectivity index (χ1n) is 8.16. The van der Waals surface area contributed by atoms with Crippen molar-refractivity contribution in [1.82, 2.24) is 14.5 Å². The van der Waals surface area contributed by atoms with Crippen LogP contribution in [0.15, 0.2) is 23.1 Å². The van der Waals surface area contributed by atoms with E-state index in [1.54, 1.807) is 17.9 Å². The van der Waals surface area contributed by atoms with E-state index in [0.717, 1.165) is 6.42 Å². The van der Waals surface area contributed by atoms with E-state index in [9.17, 15) is 17.6 Å². The van der Waals surface area contributed by atoms with Crippen LogP contribution in [0.2, 0.25) is 0 Å². The molecule has 6 nitrogen and oxygen atoms in total. The van der Waals surface area contributed by atoms with Crippen LogP contribution >= 0.6 is 0 Å². The SMILES string of the molecule is Cc1cccc(F)c1S(=O)(=O)N1CCCC(N2CCNCC2=O)C1. The van der Waals surface area contributed by atoms with Crippen LogP contribution in [0.4, 0.5) is 4.39 Å². The van der Waals surface area contributed by atoms with Gasteiger partial charge in [0.15, 0.2) is 0 Å². The Balaban J connectivity index is 1.85. The molecule has 0 spiro atoms. The lowest BCUT2D eigenvalue weighted by molar-refractivity contribution is -0.135. The number of nitrogens with zero attached hydrogens (tertiary/aromatic N) is 2. The van der Waals surface area contributed by atoms with E-state index < -0.39 is 15.8 Å². The predicted octanol–water partition coefficient (Wildman–Crippen LogP) is 0.719. The molecule has 2 heterocycles. The van der Waals surface area contributed by atoms with E-state index >= 15 is 0 Å². The van der Waals surface area contributed by atoms with Crippen molar-refractivity contribution in [2.45, 2.75) is 30.7 Å². The predicted molar refractivity (Wildman–Crippen MR) is 87.5 cm³/mol. The highest BCUT2D eigenvalue weighted by atomic mass is 32.2. The summed E-state index contributed by atoms with van der Waals surface area (Å²) < 4.78 is 41.3. The van der Waals surface area contributed by atoms with Gasteiger partial charge in [0.2, 0.25) is 15.9 Å². The molecule has 2 saturated heterocycles. The summed E-state index contributed by atoms with van der Waals surface area (Å²) in [6, 6.07) is 4.12. The Kier molecular flexibility index (Phi) is 4.89. The summed E-state index contributed by atoms with van der Waals surface area (Å²) in [5.41, 5.74) is 0.398. The molecule has 0 saturated carbocycles. The maximum atomic E-state index is 14.1. The number of carbonyl (C=O) groups is 1. The minimum absolute atomic E-state index is 0.00688. The third kappa shape index (κ3) is 3.18. The molecule has 2 fully saturated rings. The Labute approximate surface area is 141 Å². The first kappa shape index (κ1) is 17.3. The van der Waals surface area contributed by atoms with Crippen molar-refractivity contribution in [3.8, 4) is 0 Å². The highest BCUT2D eigenvalue weighted by molar-refractivity contribution is 7.89. The topological polar surface area (TPSA) is 69.7 Å². The van der Waals surface area contributed by atoms with Gasteiger partial charge in [-0.3, -0.25) is 4.79 Å². The first-order chi connectivity index (χ1) is 11.4. The van der Waals surface area contributed by atoms with Crippen LogP contribution < -0.4 is 5.32 Å². The maximum Gasteiger partial charge on any atom is 0.246 e. The maximum absolute atomic E-state index is 14.1. The summed E-state index contributed by atoms with van der Waals surface area (Å²) in [6.45, 7) is 3.75. The standard InChI is InChI=1S/C16H22FN3O3S/c1-12-4-2-6-14(17)16(12)24(22,23)19-8-3-5-13(11-19)20-9-7-18-10-15(20)21/h2,4,6,13,18H,3,5,7-11H2,1H3. The number of carbonyl (C=O) groups excluding carboxylic acids is 1. The number of nitrogens with one attached hydrogen (secondary N) is 1. The number of aryl methyl sites for hydroxylation is 1. The van der Waals surface area contributed by atoms with E-state index in [4.69, 9.17) is 0 Å². The molecule has 0 aliphatic carbocycles. The van der Waals surface area contributed by atoms with Gasteiger partial charge in [0.1, 0.15) is 10.7 Å². The van der Waals surface area contributed by atoms with E-state index in [-0.39, 0.29) is 29.9 Å². The smallest absolute Gasteiger partial charge is 0.246 e. The normalized spacial score (nSPS) is 23.5. The van der Waals surface area contributed by atoms with Gasteiger partial charge in [0, 0.05) is 32.2 Å². The second-order valence-electron chi connectivity index (χ2n) is 6.31. The summed E-state index contributed by atoms with van der Waals surface area (Å²) in [7, 11) is -3.91. The van der Waals surface area contributed by atoms with Gasteiger partial charge in [0.05, 0.1) is 6.54 Å². The van der Waals surface area contributed by atoms with Crippen molar-refractivity contribution in [3.63, 3.8) is 0 Å². The third-order valence-corrected chi connectivity index (χ3v) is 6.73. The number of benzene rings is 1. The highest BCUT2D eigenvalue weighted by Gasteiger charge is 2.36. The van der Waals surface area contributed by atoms with Crippen molar-refractivity contribution in [2.75, 3.05) is 32.7 Å². The Bertz CT molecular complexity index is 718. The lowest BCUT2D eigenvalue weighted by atomic mass is 10.1. The summed E-state index contributed by atoms with van der Waals surface area (Å²) in [4.78, 5) is 13.6. The number of piperazine rings is 1. The molecule has 2 aliphatic heterocycles. The average molecular weight is 355 g/mol. The summed E-state index contributed by atoms with van der Waals surface area (Å²) >= 11 is 0. The molecule has 1 unspecified atom stereocenters. The Morgan fingerprint density at radius 3 is 2.79 bits per heavy atom. The number of rotatable bonds is 3. The number of hydrogen-bond donors (Lipinski definition) is 1. The highest BCUT2D eigenvalue weighted by Crippen LogP contribution is 2.27. The van der Waals surface area contributed by atoms with E-state index in [0.29, 0.717) is 31.6 Å². The molecule has 0 aromatic heterocycles. The Hall–Kier alpha value is -1.51. The number of hydrogen-bond acceptors (Lipinski definition) is 4. The summed E-state index contributed by atoms with van der Waals surface area (Å²) in [6.07, 6.45) is 1.43. The van der Waals surface area contributed by atoms with Gasteiger partial charge in [-0.25, -0.2) is 12.8 Å². The molecule has 2 aliphatic rings. The third-order valence-electron chi connectivity index (χ3n) is 4.69. The van der Waals surface area contributed by atoms with Gasteiger partial charge in [-0.2, -0.15) is 4.31 Å². The van der Waals surface area contributed by atoms with Crippen LogP contribution in [0.1, 0.15) is 18.4 Å². The minimum Gasteiger partial charge on any atom is -0.336 e. The molecule has 1 aromatic rings. The van der Waals surface area contributed by atoms with Gasteiger partial charge in [0.25, 0.3) is 0 Å². The lowest BCUT2D eigenvalue weighted by Gasteiger charge is -2.40. The second-order valence-corrected chi connectivity index (χ2v) is 8.18. The zero-order valence-corrected chi connectivity index (χ0v) is 14.5. The average Bonchev–Trinajstić information content (AvgIpc) is 2.55. The quantitative estimate of drug-likeness (QED) is 0.867. The molecule has 132 valence electrons. The molecular weight excluding hydrogens is 333 g/mol. The monoisotopic (exact) mass is 355 g/mol. The van der Waals surface area contributed by atoms with Crippen LogP contribution in [-0.4, -0.2) is 62.3 Å². The molecule has 24 heavy (non-hydrogen) atoms. The largest absolute Gasteiger partial charge is 0.336 e. The molecule has 3 rings (SSSR count). The van der Waals surface area contributed by atoms with Crippen LogP contribution in [0, 0.1) is 12.7 Å². The zero-order valence-electron chi connectivity index (χ0n) is 13.7. The molecule has 0 bridgehead atoms. The van der Waals surface area contributed by atoms with Crippen LogP contribution in [0.25, 0.3) is 0 Å². The zero-order chi connectivity index (χ0) is 17.3. The van der Waals surface area contributed by atoms with Gasteiger partial charge < -0.3 is 10.2 Å². The molecular formula is C16H22FN3O3S. The van der Waals surface area contributed by atoms with Crippen molar-refractivity contribution < 1.29 is 17.6 Å². The lowest BCUT2D eigenvalue weighted by Crippen LogP contribution is -2.57. The van der Waals surface area contributed by atoms with Crippen molar-refractivity contribution in [3.05, 3.63) is 29.6 Å². The number of sulfonamides is 1. The number of piperidine rings is 1. The van der Waals surface area contributed by atoms with Gasteiger partial charge in [-0.05, 0) is 31.4 Å². The first-order valence-corrected chi connectivity index (χ1v) is 9.60. The van der Waals surface area contributed by atoms with E-state index in [2.05, 4.69) is 5.32 Å². The van der Waals surface area contributed by atoms with Crippen molar-refractivity contribution in [1.29, 1.82) is 0 Å². The molecule has 1 aromatic carbocycles. The second kappa shape index (κ2) is 6.78. The fourth-order valence-corrected chi connectivity index (χ4v) is 5.26. The van der Waals surface area contributed by atoms with E-state index in [1.807, 2.05) is 0 Å². The fourth-order valence-electron chi connectivity index (χ4n) is 3.47. The van der Waals surface area contributed by atoms with E-state index in [1.165, 1.54) is 16.4 Å². The van der Waals surface area contributed by atoms with Gasteiger partial charge >= 0.3 is 0 Å². The summed E-state index contributed by atoms with van der Waals surface area (Å²) in [5.74, 6) is -0.733. The molecule has 1 atom stereocenters. The Morgan fingerprint density at radius 1 is 1.29 bits per heavy atom. The van der Waals surface area contributed by atoms with Crippen molar-refractivity contribution >= 4 is 15.9 Å². The number of amides is 1. The van der Waals surface area contributed by atoms with Crippen LogP contribution in [-0.2, 0) is 14.8 Å². The molecule has 0 radical (unpaired) electrons. The Morgan fingerprint density at radius 2 is 2.08 bits per heavy atom. The van der Waals surface area contributed by atoms with Gasteiger partial charge in [-0.15, -0.1) is 0 Å².